The molecule has 0 radical (unpaired) electrons. The molecule has 1 fully saturated rings. The van der Waals surface area contributed by atoms with E-state index in [1.807, 2.05) is 6.92 Å². The summed E-state index contributed by atoms with van der Waals surface area (Å²) in [5.41, 5.74) is 1.35. The minimum atomic E-state index is -1.46. The zero-order valence-electron chi connectivity index (χ0n) is 12.1. The Hall–Kier alpha value is -2.38. The third-order valence-corrected chi connectivity index (χ3v) is 3.55. The number of aryl methyl sites for hydroxylation is 2. The number of nitrogens with zero attached hydrogens (tertiary/aromatic N) is 4. The van der Waals surface area contributed by atoms with Crippen LogP contribution < -0.4 is 0 Å². The largest absolute Gasteiger partial charge is 0.474 e. The fourth-order valence-electron chi connectivity index (χ4n) is 2.31. The molecule has 1 aromatic rings. The van der Waals surface area contributed by atoms with Crippen LogP contribution in [0.2, 0.25) is 0 Å². The maximum absolute atomic E-state index is 12.4. The lowest BCUT2D eigenvalue weighted by Crippen LogP contribution is -2.52. The average molecular weight is 294 g/mol. The van der Waals surface area contributed by atoms with Gasteiger partial charge in [0.05, 0.1) is 5.69 Å². The van der Waals surface area contributed by atoms with Crippen LogP contribution in [0.25, 0.3) is 0 Å². The van der Waals surface area contributed by atoms with Gasteiger partial charge in [-0.25, -0.2) is 4.79 Å². The number of aliphatic carboxylic acids is 1. The van der Waals surface area contributed by atoms with Gasteiger partial charge in [0, 0.05) is 33.2 Å². The summed E-state index contributed by atoms with van der Waals surface area (Å²) in [6.45, 7) is 3.08. The molecule has 2 heterocycles. The Morgan fingerprint density at radius 1 is 1.19 bits per heavy atom. The first-order valence-corrected chi connectivity index (χ1v) is 6.78. The summed E-state index contributed by atoms with van der Waals surface area (Å²) < 4.78 is 1.55. The SMILES string of the molecule is CCc1cc(C(=O)N2CCN(C(=O)C(=O)O)CC2)n(C)n1. The van der Waals surface area contributed by atoms with Gasteiger partial charge in [0.1, 0.15) is 5.69 Å². The van der Waals surface area contributed by atoms with Gasteiger partial charge in [-0.1, -0.05) is 6.92 Å². The van der Waals surface area contributed by atoms with E-state index >= 15 is 0 Å². The van der Waals surface area contributed by atoms with Crippen LogP contribution in [-0.4, -0.2) is 68.6 Å². The second-order valence-electron chi connectivity index (χ2n) is 4.89. The lowest BCUT2D eigenvalue weighted by atomic mass is 10.2. The number of carboxylic acid groups (broad SMARTS) is 1. The van der Waals surface area contributed by atoms with Crippen molar-refractivity contribution < 1.29 is 19.5 Å². The van der Waals surface area contributed by atoms with E-state index in [1.54, 1.807) is 22.7 Å². The lowest BCUT2D eigenvalue weighted by molar-refractivity contribution is -0.156. The van der Waals surface area contributed by atoms with Gasteiger partial charge in [0.2, 0.25) is 0 Å². The van der Waals surface area contributed by atoms with Gasteiger partial charge in [0.25, 0.3) is 5.91 Å². The maximum atomic E-state index is 12.4. The van der Waals surface area contributed by atoms with E-state index in [0.717, 1.165) is 12.1 Å². The molecule has 8 heteroatoms. The zero-order valence-corrected chi connectivity index (χ0v) is 12.1. The molecule has 1 N–H and O–H groups in total. The molecule has 2 amide bonds. The molecule has 0 unspecified atom stereocenters. The Morgan fingerprint density at radius 3 is 2.24 bits per heavy atom. The molecular formula is C13H18N4O4. The number of piperazine rings is 1. The molecule has 0 bridgehead atoms. The highest BCUT2D eigenvalue weighted by atomic mass is 16.4. The quantitative estimate of drug-likeness (QED) is 0.731. The van der Waals surface area contributed by atoms with Crippen molar-refractivity contribution in [2.45, 2.75) is 13.3 Å². The molecule has 1 aromatic heterocycles. The van der Waals surface area contributed by atoms with Crippen molar-refractivity contribution in [2.75, 3.05) is 26.2 Å². The van der Waals surface area contributed by atoms with Crippen molar-refractivity contribution in [3.63, 3.8) is 0 Å². The van der Waals surface area contributed by atoms with Crippen LogP contribution in [0, 0.1) is 0 Å². The van der Waals surface area contributed by atoms with Gasteiger partial charge in [-0.15, -0.1) is 0 Å². The highest BCUT2D eigenvalue weighted by Gasteiger charge is 2.29. The molecule has 8 nitrogen and oxygen atoms in total. The van der Waals surface area contributed by atoms with E-state index < -0.39 is 11.9 Å². The Morgan fingerprint density at radius 2 is 1.76 bits per heavy atom. The molecule has 0 aromatic carbocycles. The smallest absolute Gasteiger partial charge is 0.394 e. The van der Waals surface area contributed by atoms with Crippen molar-refractivity contribution in [3.05, 3.63) is 17.5 Å². The van der Waals surface area contributed by atoms with Crippen molar-refractivity contribution in [2.24, 2.45) is 7.05 Å². The molecule has 1 aliphatic rings. The molecule has 2 rings (SSSR count). The summed E-state index contributed by atoms with van der Waals surface area (Å²) in [7, 11) is 1.72. The first kappa shape index (κ1) is 15.0. The van der Waals surface area contributed by atoms with E-state index in [1.165, 1.54) is 4.90 Å². The van der Waals surface area contributed by atoms with Gasteiger partial charge in [-0.3, -0.25) is 14.3 Å². The predicted molar refractivity (Wildman–Crippen MR) is 72.7 cm³/mol. The van der Waals surface area contributed by atoms with E-state index in [9.17, 15) is 14.4 Å². The second kappa shape index (κ2) is 5.94. The minimum absolute atomic E-state index is 0.146. The van der Waals surface area contributed by atoms with Crippen LogP contribution in [-0.2, 0) is 23.1 Å². The summed E-state index contributed by atoms with van der Waals surface area (Å²) in [5.74, 6) is -2.53. The fraction of sp³-hybridized carbons (Fsp3) is 0.538. The number of hydrogen-bond acceptors (Lipinski definition) is 4. The molecule has 1 aliphatic heterocycles. The molecule has 1 saturated heterocycles. The van der Waals surface area contributed by atoms with Crippen molar-refractivity contribution in [3.8, 4) is 0 Å². The second-order valence-corrected chi connectivity index (χ2v) is 4.89. The van der Waals surface area contributed by atoms with Gasteiger partial charge in [0.15, 0.2) is 0 Å². The van der Waals surface area contributed by atoms with Crippen LogP contribution in [0.4, 0.5) is 0 Å². The summed E-state index contributed by atoms with van der Waals surface area (Å²) in [5, 5.41) is 12.9. The van der Waals surface area contributed by atoms with E-state index in [2.05, 4.69) is 5.10 Å². The minimum Gasteiger partial charge on any atom is -0.474 e. The van der Waals surface area contributed by atoms with Crippen LogP contribution in [0.1, 0.15) is 23.1 Å². The molecule has 0 saturated carbocycles. The molecule has 0 spiro atoms. The van der Waals surface area contributed by atoms with Crippen LogP contribution >= 0.6 is 0 Å². The first-order chi connectivity index (χ1) is 9.93. The summed E-state index contributed by atoms with van der Waals surface area (Å²) >= 11 is 0. The Bertz CT molecular complexity index is 573. The van der Waals surface area contributed by atoms with E-state index in [0.29, 0.717) is 18.8 Å². The Balaban J connectivity index is 2.01. The van der Waals surface area contributed by atoms with Crippen molar-refractivity contribution in [1.82, 2.24) is 19.6 Å². The number of aromatic nitrogens is 2. The topological polar surface area (TPSA) is 95.7 Å². The number of rotatable bonds is 2. The van der Waals surface area contributed by atoms with E-state index in [4.69, 9.17) is 5.11 Å². The summed E-state index contributed by atoms with van der Waals surface area (Å²) in [6.07, 6.45) is 0.752. The van der Waals surface area contributed by atoms with Gasteiger partial charge in [-0.05, 0) is 12.5 Å². The molecular weight excluding hydrogens is 276 g/mol. The monoisotopic (exact) mass is 294 g/mol. The predicted octanol–water partition coefficient (Wildman–Crippen LogP) is -0.648. The Labute approximate surface area is 121 Å². The third-order valence-electron chi connectivity index (χ3n) is 3.55. The maximum Gasteiger partial charge on any atom is 0.394 e. The highest BCUT2D eigenvalue weighted by molar-refractivity contribution is 6.31. The molecule has 0 aliphatic carbocycles. The number of carbonyl (C=O) groups is 3. The van der Waals surface area contributed by atoms with Gasteiger partial charge >= 0.3 is 11.9 Å². The lowest BCUT2D eigenvalue weighted by Gasteiger charge is -2.33. The van der Waals surface area contributed by atoms with Crippen LogP contribution in [0.5, 0.6) is 0 Å². The number of amides is 2. The van der Waals surface area contributed by atoms with Gasteiger partial charge in [-0.2, -0.15) is 5.10 Å². The van der Waals surface area contributed by atoms with Crippen LogP contribution in [0.3, 0.4) is 0 Å². The Kier molecular flexibility index (Phi) is 4.25. The average Bonchev–Trinajstić information content (AvgIpc) is 2.87. The normalized spacial score (nSPS) is 15.1. The standard InChI is InChI=1S/C13H18N4O4/c1-3-9-8-10(15(2)14-9)11(18)16-4-6-17(7-5-16)12(19)13(20)21/h8H,3-7H2,1-2H3,(H,20,21). The highest BCUT2D eigenvalue weighted by Crippen LogP contribution is 2.10. The molecule has 21 heavy (non-hydrogen) atoms. The van der Waals surface area contributed by atoms with Crippen molar-refractivity contribution in [1.29, 1.82) is 0 Å². The zero-order chi connectivity index (χ0) is 15.6. The summed E-state index contributed by atoms with van der Waals surface area (Å²) in [6, 6.07) is 1.76. The molecule has 114 valence electrons. The number of carboxylic acids is 1. The number of hydrogen-bond donors (Lipinski definition) is 1. The van der Waals surface area contributed by atoms with E-state index in [-0.39, 0.29) is 19.0 Å². The third kappa shape index (κ3) is 3.04. The van der Waals surface area contributed by atoms with Crippen molar-refractivity contribution >= 4 is 17.8 Å². The molecule has 0 atom stereocenters. The van der Waals surface area contributed by atoms with Gasteiger partial charge < -0.3 is 14.9 Å². The first-order valence-electron chi connectivity index (χ1n) is 6.78. The van der Waals surface area contributed by atoms with Crippen LogP contribution in [0.15, 0.2) is 6.07 Å². The summed E-state index contributed by atoms with van der Waals surface area (Å²) in [4.78, 5) is 37.2. The fourth-order valence-corrected chi connectivity index (χ4v) is 2.31. The number of carbonyl (C=O) groups excluding carboxylic acids is 2.